The SMILES string of the molecule is Cc1c(C)n(CCN2CCOCC2)c2nc[n+](CC(C)C)c(N)c12. The Kier molecular flexibility index (Phi) is 5.06. The Morgan fingerprint density at radius 1 is 1.25 bits per heavy atom. The first-order valence-corrected chi connectivity index (χ1v) is 8.92. The molecule has 1 aliphatic heterocycles. The Bertz CT molecular complexity index is 716. The van der Waals surface area contributed by atoms with Crippen LogP contribution in [0.2, 0.25) is 0 Å². The monoisotopic (exact) mass is 332 g/mol. The molecule has 2 N–H and O–H groups in total. The summed E-state index contributed by atoms with van der Waals surface area (Å²) >= 11 is 0. The topological polar surface area (TPSA) is 60.2 Å². The van der Waals surface area contributed by atoms with Crippen molar-refractivity contribution in [3.8, 4) is 0 Å². The van der Waals surface area contributed by atoms with Gasteiger partial charge in [-0.2, -0.15) is 0 Å². The molecule has 0 amide bonds. The minimum Gasteiger partial charge on any atom is -0.379 e. The molecule has 2 aromatic heterocycles. The molecule has 0 spiro atoms. The van der Waals surface area contributed by atoms with Gasteiger partial charge in [0.15, 0.2) is 0 Å². The lowest BCUT2D eigenvalue weighted by atomic mass is 10.2. The molecule has 3 rings (SSSR count). The third kappa shape index (κ3) is 3.26. The van der Waals surface area contributed by atoms with E-state index in [4.69, 9.17) is 15.5 Å². The van der Waals surface area contributed by atoms with E-state index in [1.165, 1.54) is 11.3 Å². The maximum atomic E-state index is 6.47. The van der Waals surface area contributed by atoms with E-state index in [9.17, 15) is 0 Å². The number of rotatable bonds is 5. The lowest BCUT2D eigenvalue weighted by molar-refractivity contribution is -0.690. The van der Waals surface area contributed by atoms with Gasteiger partial charge in [-0.15, -0.1) is 0 Å². The first-order chi connectivity index (χ1) is 11.5. The highest BCUT2D eigenvalue weighted by Crippen LogP contribution is 2.26. The van der Waals surface area contributed by atoms with Gasteiger partial charge in [-0.3, -0.25) is 4.90 Å². The second-order valence-corrected chi connectivity index (χ2v) is 7.19. The number of hydrogen-bond donors (Lipinski definition) is 1. The molecular formula is C18H30N5O+. The van der Waals surface area contributed by atoms with E-state index >= 15 is 0 Å². The highest BCUT2D eigenvalue weighted by molar-refractivity contribution is 5.89. The van der Waals surface area contributed by atoms with Crippen LogP contribution in [0.5, 0.6) is 0 Å². The first-order valence-electron chi connectivity index (χ1n) is 8.92. The molecule has 0 bridgehead atoms. The molecule has 6 nitrogen and oxygen atoms in total. The zero-order valence-electron chi connectivity index (χ0n) is 15.4. The van der Waals surface area contributed by atoms with E-state index < -0.39 is 0 Å². The standard InChI is InChI=1S/C18H29N5O/c1-13(2)11-22-12-20-18-16(17(22)19)14(3)15(4)23(18)6-5-21-7-9-24-10-8-21/h12-13,19H,5-11H2,1-4H3/p+1. The second-order valence-electron chi connectivity index (χ2n) is 7.19. The molecule has 0 saturated carbocycles. The van der Waals surface area contributed by atoms with Crippen LogP contribution in [0.1, 0.15) is 25.1 Å². The van der Waals surface area contributed by atoms with Gasteiger partial charge in [0.05, 0.1) is 19.8 Å². The Labute approximate surface area is 144 Å². The Balaban J connectivity index is 1.90. The Morgan fingerprint density at radius 2 is 1.96 bits per heavy atom. The van der Waals surface area contributed by atoms with Crippen LogP contribution < -0.4 is 10.3 Å². The van der Waals surface area contributed by atoms with E-state index in [-0.39, 0.29) is 0 Å². The highest BCUT2D eigenvalue weighted by atomic mass is 16.5. The summed E-state index contributed by atoms with van der Waals surface area (Å²) in [6, 6.07) is 0. The summed E-state index contributed by atoms with van der Waals surface area (Å²) < 4.78 is 9.82. The van der Waals surface area contributed by atoms with Crippen molar-refractivity contribution in [3.05, 3.63) is 17.6 Å². The molecule has 0 radical (unpaired) electrons. The number of morpholine rings is 1. The molecule has 3 heterocycles. The number of nitrogens with two attached hydrogens (primary N) is 1. The predicted molar refractivity (Wildman–Crippen MR) is 95.9 cm³/mol. The fourth-order valence-electron chi connectivity index (χ4n) is 3.49. The van der Waals surface area contributed by atoms with Crippen LogP contribution in [0.4, 0.5) is 5.82 Å². The number of aromatic nitrogens is 3. The molecule has 6 heteroatoms. The van der Waals surface area contributed by atoms with Crippen molar-refractivity contribution in [2.24, 2.45) is 5.92 Å². The zero-order valence-corrected chi connectivity index (χ0v) is 15.4. The smallest absolute Gasteiger partial charge is 0.232 e. The van der Waals surface area contributed by atoms with Gasteiger partial charge in [-0.25, -0.2) is 4.57 Å². The van der Waals surface area contributed by atoms with Crippen LogP contribution in [0.3, 0.4) is 0 Å². The third-order valence-corrected chi connectivity index (χ3v) is 4.99. The van der Waals surface area contributed by atoms with Crippen molar-refractivity contribution in [1.82, 2.24) is 14.5 Å². The molecule has 1 fully saturated rings. The molecule has 0 unspecified atom stereocenters. The van der Waals surface area contributed by atoms with Gasteiger partial charge >= 0.3 is 0 Å². The summed E-state index contributed by atoms with van der Waals surface area (Å²) in [4.78, 5) is 7.20. The minimum atomic E-state index is 0.543. The van der Waals surface area contributed by atoms with E-state index in [1.807, 2.05) is 6.33 Å². The van der Waals surface area contributed by atoms with Crippen LogP contribution in [-0.4, -0.2) is 47.3 Å². The quantitative estimate of drug-likeness (QED) is 0.843. The summed E-state index contributed by atoms with van der Waals surface area (Å²) in [5.41, 5.74) is 9.99. The molecule has 1 aliphatic rings. The molecule has 24 heavy (non-hydrogen) atoms. The molecule has 0 atom stereocenters. The maximum Gasteiger partial charge on any atom is 0.232 e. The largest absolute Gasteiger partial charge is 0.379 e. The van der Waals surface area contributed by atoms with Crippen molar-refractivity contribution in [2.75, 3.05) is 38.6 Å². The van der Waals surface area contributed by atoms with E-state index in [1.54, 1.807) is 0 Å². The van der Waals surface area contributed by atoms with Crippen molar-refractivity contribution in [3.63, 3.8) is 0 Å². The van der Waals surface area contributed by atoms with Gasteiger partial charge in [-0.1, -0.05) is 18.8 Å². The summed E-state index contributed by atoms with van der Waals surface area (Å²) in [6.45, 7) is 15.3. The maximum absolute atomic E-state index is 6.47. The van der Waals surface area contributed by atoms with Gasteiger partial charge in [0.1, 0.15) is 5.39 Å². The molecule has 2 aromatic rings. The number of anilines is 1. The van der Waals surface area contributed by atoms with Crippen LogP contribution in [0, 0.1) is 19.8 Å². The molecule has 0 aromatic carbocycles. The van der Waals surface area contributed by atoms with Crippen molar-refractivity contribution in [1.29, 1.82) is 0 Å². The van der Waals surface area contributed by atoms with Crippen LogP contribution in [-0.2, 0) is 17.8 Å². The van der Waals surface area contributed by atoms with Crippen LogP contribution >= 0.6 is 0 Å². The predicted octanol–water partition coefficient (Wildman–Crippen LogP) is 1.51. The molecular weight excluding hydrogens is 302 g/mol. The summed E-state index contributed by atoms with van der Waals surface area (Å²) in [5.74, 6) is 1.38. The number of ether oxygens (including phenoxy) is 1. The van der Waals surface area contributed by atoms with Crippen molar-refractivity contribution < 1.29 is 9.30 Å². The normalized spacial score (nSPS) is 16.4. The Morgan fingerprint density at radius 3 is 2.62 bits per heavy atom. The zero-order chi connectivity index (χ0) is 17.3. The number of nitrogen functional groups attached to an aromatic ring is 1. The first kappa shape index (κ1) is 17.2. The van der Waals surface area contributed by atoms with Gasteiger partial charge in [-0.05, 0) is 25.3 Å². The molecule has 1 saturated heterocycles. The number of nitrogens with zero attached hydrogens (tertiary/aromatic N) is 4. The lowest BCUT2D eigenvalue weighted by Crippen LogP contribution is -2.40. The number of aryl methyl sites for hydroxylation is 1. The summed E-state index contributed by atoms with van der Waals surface area (Å²) in [7, 11) is 0. The number of fused-ring (bicyclic) bond motifs is 1. The fraction of sp³-hybridized carbons (Fsp3) is 0.667. The van der Waals surface area contributed by atoms with Crippen LogP contribution in [0.15, 0.2) is 6.33 Å². The summed E-state index contributed by atoms with van der Waals surface area (Å²) in [6.07, 6.45) is 1.89. The van der Waals surface area contributed by atoms with Gasteiger partial charge < -0.3 is 15.0 Å². The lowest BCUT2D eigenvalue weighted by Gasteiger charge is -2.26. The third-order valence-electron chi connectivity index (χ3n) is 4.99. The molecule has 132 valence electrons. The second kappa shape index (κ2) is 7.07. The van der Waals surface area contributed by atoms with Gasteiger partial charge in [0.2, 0.25) is 17.8 Å². The molecule has 0 aliphatic carbocycles. The van der Waals surface area contributed by atoms with Crippen molar-refractivity contribution in [2.45, 2.75) is 40.8 Å². The average molecular weight is 332 g/mol. The average Bonchev–Trinajstić information content (AvgIpc) is 2.81. The van der Waals surface area contributed by atoms with Crippen LogP contribution in [0.25, 0.3) is 11.0 Å². The van der Waals surface area contributed by atoms with Gasteiger partial charge in [0, 0.05) is 31.9 Å². The van der Waals surface area contributed by atoms with E-state index in [2.05, 4.69) is 41.7 Å². The van der Waals surface area contributed by atoms with Gasteiger partial charge in [0.25, 0.3) is 0 Å². The van der Waals surface area contributed by atoms with Crippen molar-refractivity contribution >= 4 is 16.9 Å². The minimum absolute atomic E-state index is 0.543. The van der Waals surface area contributed by atoms with E-state index in [0.29, 0.717) is 5.92 Å². The van der Waals surface area contributed by atoms with E-state index in [0.717, 1.165) is 62.8 Å². The number of hydrogen-bond acceptors (Lipinski definition) is 4. The Hall–Kier alpha value is -1.66. The summed E-state index contributed by atoms with van der Waals surface area (Å²) in [5, 5.41) is 1.11. The highest BCUT2D eigenvalue weighted by Gasteiger charge is 2.22. The fourth-order valence-corrected chi connectivity index (χ4v) is 3.49.